The second kappa shape index (κ2) is 6.57. The fourth-order valence-corrected chi connectivity index (χ4v) is 4.88. The Kier molecular flexibility index (Phi) is 4.24. The number of hydrogen-bond acceptors (Lipinski definition) is 5. The number of carbonyl (C=O) groups excluding carboxylic acids is 3. The number of fused-ring (bicyclic) bond motifs is 2. The van der Waals surface area contributed by atoms with Gasteiger partial charge in [0.25, 0.3) is 11.8 Å². The topological polar surface area (TPSA) is 98.5 Å². The molecule has 0 radical (unpaired) electrons. The van der Waals surface area contributed by atoms with E-state index in [4.69, 9.17) is 10.5 Å². The Morgan fingerprint density at radius 1 is 1.19 bits per heavy atom. The molecule has 0 bridgehead atoms. The van der Waals surface area contributed by atoms with Gasteiger partial charge in [-0.05, 0) is 42.9 Å². The van der Waals surface area contributed by atoms with Gasteiger partial charge in [0.1, 0.15) is 5.00 Å². The van der Waals surface area contributed by atoms with Crippen molar-refractivity contribution in [3.63, 3.8) is 0 Å². The number of nitrogens with one attached hydrogen (secondary N) is 1. The number of benzene rings is 1. The maximum atomic E-state index is 12.7. The first-order valence-corrected chi connectivity index (χ1v) is 9.40. The monoisotopic (exact) mass is 370 g/mol. The van der Waals surface area contributed by atoms with E-state index in [1.165, 1.54) is 11.3 Å². The molecular weight excluding hydrogens is 352 g/mol. The zero-order valence-corrected chi connectivity index (χ0v) is 14.9. The van der Waals surface area contributed by atoms with E-state index in [0.29, 0.717) is 22.5 Å². The smallest absolute Gasteiger partial charge is 0.339 e. The number of ether oxygens (including phenoxy) is 1. The molecule has 134 valence electrons. The zero-order chi connectivity index (χ0) is 18.3. The van der Waals surface area contributed by atoms with Crippen LogP contribution in [0.25, 0.3) is 0 Å². The molecule has 7 heteroatoms. The number of hydrogen-bond donors (Lipinski definition) is 2. The molecule has 2 amide bonds. The number of primary amides is 1. The molecule has 2 aromatic rings. The molecule has 6 nitrogen and oxygen atoms in total. The summed E-state index contributed by atoms with van der Waals surface area (Å²) in [5, 5.41) is 3.23. The summed E-state index contributed by atoms with van der Waals surface area (Å²) in [6.07, 6.45) is 3.15. The summed E-state index contributed by atoms with van der Waals surface area (Å²) in [6.45, 7) is 0. The lowest BCUT2D eigenvalue weighted by molar-refractivity contribution is -0.125. The minimum Gasteiger partial charge on any atom is -0.448 e. The number of thiophene rings is 1. The highest BCUT2D eigenvalue weighted by atomic mass is 32.1. The van der Waals surface area contributed by atoms with Crippen LogP contribution in [-0.4, -0.2) is 23.9 Å². The third-order valence-corrected chi connectivity index (χ3v) is 6.05. The van der Waals surface area contributed by atoms with Gasteiger partial charge >= 0.3 is 5.97 Å². The lowest BCUT2D eigenvalue weighted by Gasteiger charge is -2.23. The molecule has 3 N–H and O–H groups in total. The van der Waals surface area contributed by atoms with Crippen molar-refractivity contribution in [2.75, 3.05) is 5.32 Å². The van der Waals surface area contributed by atoms with Crippen molar-refractivity contribution in [1.29, 1.82) is 0 Å². The first-order chi connectivity index (χ1) is 12.5. The highest BCUT2D eigenvalue weighted by Crippen LogP contribution is 2.38. The molecule has 26 heavy (non-hydrogen) atoms. The molecule has 0 fully saturated rings. The average Bonchev–Trinajstić information content (AvgIpc) is 2.99. The Balaban J connectivity index is 1.59. The van der Waals surface area contributed by atoms with Crippen LogP contribution in [0.1, 0.15) is 49.6 Å². The Morgan fingerprint density at radius 3 is 2.77 bits per heavy atom. The minimum atomic E-state index is -0.919. The molecule has 1 aromatic carbocycles. The van der Waals surface area contributed by atoms with E-state index in [2.05, 4.69) is 5.32 Å². The standard InChI is InChI=1S/C19H18N2O4S/c20-16(22)15-12-7-3-4-8-14(12)26-18(15)21-17(23)13-9-10-5-1-2-6-11(10)19(24)25-13/h1-2,5-6,13H,3-4,7-9H2,(H2,20,22)(H,21,23)/t13-/m1/s1. The van der Waals surface area contributed by atoms with Crippen molar-refractivity contribution >= 4 is 34.1 Å². The molecule has 0 saturated carbocycles. The fraction of sp³-hybridized carbons (Fsp3) is 0.316. The molecule has 1 aliphatic heterocycles. The summed E-state index contributed by atoms with van der Waals surface area (Å²) in [5.41, 5.74) is 8.18. The fourth-order valence-electron chi connectivity index (χ4n) is 3.58. The molecule has 2 heterocycles. The largest absolute Gasteiger partial charge is 0.448 e. The predicted molar refractivity (Wildman–Crippen MR) is 97.5 cm³/mol. The number of nitrogens with two attached hydrogens (primary N) is 1. The van der Waals surface area contributed by atoms with Gasteiger partial charge < -0.3 is 15.8 Å². The molecule has 2 aliphatic rings. The van der Waals surface area contributed by atoms with E-state index in [1.807, 2.05) is 12.1 Å². The molecule has 4 rings (SSSR count). The molecule has 0 saturated heterocycles. The van der Waals surface area contributed by atoms with Gasteiger partial charge in [-0.25, -0.2) is 4.79 Å². The molecule has 1 aromatic heterocycles. The number of esters is 1. The van der Waals surface area contributed by atoms with Crippen molar-refractivity contribution in [3.8, 4) is 0 Å². The van der Waals surface area contributed by atoms with Crippen LogP contribution in [0.3, 0.4) is 0 Å². The van der Waals surface area contributed by atoms with Gasteiger partial charge in [-0.3, -0.25) is 9.59 Å². The van der Waals surface area contributed by atoms with Crippen LogP contribution < -0.4 is 11.1 Å². The van der Waals surface area contributed by atoms with E-state index in [9.17, 15) is 14.4 Å². The maximum absolute atomic E-state index is 12.7. The molecular formula is C19H18N2O4S. The first kappa shape index (κ1) is 16.8. The Labute approximate surface area is 154 Å². The SMILES string of the molecule is NC(=O)c1c(NC(=O)[C@H]2Cc3ccccc3C(=O)O2)sc2c1CCCC2. The number of anilines is 1. The summed E-state index contributed by atoms with van der Waals surface area (Å²) >= 11 is 1.40. The van der Waals surface area contributed by atoms with Gasteiger partial charge in [0.2, 0.25) is 0 Å². The van der Waals surface area contributed by atoms with Crippen LogP contribution in [0.15, 0.2) is 24.3 Å². The van der Waals surface area contributed by atoms with Gasteiger partial charge in [-0.1, -0.05) is 18.2 Å². The number of aryl methyl sites for hydroxylation is 1. The second-order valence-electron chi connectivity index (χ2n) is 6.52. The van der Waals surface area contributed by atoms with E-state index < -0.39 is 23.9 Å². The third-order valence-electron chi connectivity index (χ3n) is 4.84. The maximum Gasteiger partial charge on any atom is 0.339 e. The average molecular weight is 370 g/mol. The summed E-state index contributed by atoms with van der Waals surface area (Å²) in [5.74, 6) is -1.48. The number of carbonyl (C=O) groups is 3. The Bertz CT molecular complexity index is 918. The summed E-state index contributed by atoms with van der Waals surface area (Å²) in [6, 6.07) is 7.08. The summed E-state index contributed by atoms with van der Waals surface area (Å²) in [7, 11) is 0. The van der Waals surface area contributed by atoms with Crippen molar-refractivity contribution in [1.82, 2.24) is 0 Å². The Morgan fingerprint density at radius 2 is 1.96 bits per heavy atom. The van der Waals surface area contributed by atoms with Gasteiger partial charge in [0.15, 0.2) is 6.10 Å². The zero-order valence-electron chi connectivity index (χ0n) is 14.0. The van der Waals surface area contributed by atoms with Crippen LogP contribution in [0.5, 0.6) is 0 Å². The van der Waals surface area contributed by atoms with Crippen LogP contribution in [0.2, 0.25) is 0 Å². The Hall–Kier alpha value is -2.67. The molecule has 0 unspecified atom stereocenters. The minimum absolute atomic E-state index is 0.310. The molecule has 0 spiro atoms. The van der Waals surface area contributed by atoms with E-state index in [-0.39, 0.29) is 0 Å². The lowest BCUT2D eigenvalue weighted by Crippen LogP contribution is -2.38. The highest BCUT2D eigenvalue weighted by Gasteiger charge is 2.33. The number of cyclic esters (lactones) is 1. The number of rotatable bonds is 3. The highest BCUT2D eigenvalue weighted by molar-refractivity contribution is 7.17. The van der Waals surface area contributed by atoms with Crippen LogP contribution in [-0.2, 0) is 28.8 Å². The predicted octanol–water partition coefficient (Wildman–Crippen LogP) is 2.45. The first-order valence-electron chi connectivity index (χ1n) is 8.58. The van der Waals surface area contributed by atoms with Crippen molar-refractivity contribution in [3.05, 3.63) is 51.4 Å². The van der Waals surface area contributed by atoms with Crippen LogP contribution in [0.4, 0.5) is 5.00 Å². The van der Waals surface area contributed by atoms with Crippen molar-refractivity contribution < 1.29 is 19.1 Å². The van der Waals surface area contributed by atoms with Gasteiger partial charge in [-0.15, -0.1) is 11.3 Å². The van der Waals surface area contributed by atoms with Crippen molar-refractivity contribution in [2.45, 2.75) is 38.2 Å². The van der Waals surface area contributed by atoms with Gasteiger partial charge in [0, 0.05) is 11.3 Å². The van der Waals surface area contributed by atoms with E-state index in [1.54, 1.807) is 12.1 Å². The lowest BCUT2D eigenvalue weighted by atomic mass is 9.95. The van der Waals surface area contributed by atoms with Gasteiger partial charge in [-0.2, -0.15) is 0 Å². The quantitative estimate of drug-likeness (QED) is 0.811. The summed E-state index contributed by atoms with van der Waals surface area (Å²) in [4.78, 5) is 37.8. The summed E-state index contributed by atoms with van der Waals surface area (Å²) < 4.78 is 5.29. The third kappa shape index (κ3) is 2.88. The van der Waals surface area contributed by atoms with E-state index >= 15 is 0 Å². The van der Waals surface area contributed by atoms with Crippen molar-refractivity contribution in [2.24, 2.45) is 5.73 Å². The van der Waals surface area contributed by atoms with Crippen LogP contribution >= 0.6 is 11.3 Å². The van der Waals surface area contributed by atoms with Crippen LogP contribution in [0, 0.1) is 0 Å². The second-order valence-corrected chi connectivity index (χ2v) is 7.63. The normalized spacial score (nSPS) is 18.5. The molecule has 1 aliphatic carbocycles. The number of amides is 2. The molecule has 1 atom stereocenters. The van der Waals surface area contributed by atoms with E-state index in [0.717, 1.165) is 41.7 Å². The van der Waals surface area contributed by atoms with Gasteiger partial charge in [0.05, 0.1) is 11.1 Å².